The third-order valence-electron chi connectivity index (χ3n) is 3.07. The number of aliphatic hydroxyl groups excluding tert-OH is 1. The minimum absolute atomic E-state index is 0.0880. The smallest absolute Gasteiger partial charge is 0.303 e. The Labute approximate surface area is 106 Å². The molecule has 5 unspecified atom stereocenters. The fourth-order valence-corrected chi connectivity index (χ4v) is 2.02. The minimum atomic E-state index is -0.835. The molecule has 1 fully saturated rings. The first-order chi connectivity index (χ1) is 8.32. The van der Waals surface area contributed by atoms with Crippen LogP contribution in [-0.4, -0.2) is 48.1 Å². The number of hydrogen-bond acceptors (Lipinski definition) is 6. The monoisotopic (exact) mass is 260 g/mol. The molecule has 0 aliphatic carbocycles. The van der Waals surface area contributed by atoms with Gasteiger partial charge in [0.15, 0.2) is 6.10 Å². The van der Waals surface area contributed by atoms with Gasteiger partial charge in [0.1, 0.15) is 6.61 Å². The summed E-state index contributed by atoms with van der Waals surface area (Å²) in [6, 6.07) is 0. The molecule has 104 valence electrons. The average molecular weight is 260 g/mol. The molecule has 0 radical (unpaired) electrons. The fraction of sp³-hybridized carbons (Fsp3) is 0.833. The summed E-state index contributed by atoms with van der Waals surface area (Å²) < 4.78 is 15.5. The second-order valence-corrected chi connectivity index (χ2v) is 4.61. The van der Waals surface area contributed by atoms with Crippen LogP contribution in [-0.2, 0) is 23.8 Å². The van der Waals surface area contributed by atoms with E-state index >= 15 is 0 Å². The average Bonchev–Trinajstić information content (AvgIpc) is 2.27. The molecule has 0 spiro atoms. The summed E-state index contributed by atoms with van der Waals surface area (Å²) in [5.74, 6) is -1.14. The highest BCUT2D eigenvalue weighted by Gasteiger charge is 2.43. The first-order valence-corrected chi connectivity index (χ1v) is 5.97. The van der Waals surface area contributed by atoms with Crippen molar-refractivity contribution in [1.82, 2.24) is 0 Å². The number of hydrogen-bond donors (Lipinski definition) is 1. The number of rotatable bonds is 3. The Morgan fingerprint density at radius 3 is 2.33 bits per heavy atom. The van der Waals surface area contributed by atoms with Gasteiger partial charge in [-0.1, -0.05) is 6.92 Å². The van der Waals surface area contributed by atoms with E-state index in [0.29, 0.717) is 0 Å². The molecule has 0 aromatic heterocycles. The van der Waals surface area contributed by atoms with Crippen LogP contribution in [0.15, 0.2) is 0 Å². The van der Waals surface area contributed by atoms with Crippen molar-refractivity contribution in [2.75, 3.05) is 6.61 Å². The molecular formula is C12H20O6. The van der Waals surface area contributed by atoms with Gasteiger partial charge < -0.3 is 19.3 Å². The van der Waals surface area contributed by atoms with Crippen LogP contribution in [0.5, 0.6) is 0 Å². The molecule has 1 rings (SSSR count). The van der Waals surface area contributed by atoms with Crippen molar-refractivity contribution in [3.8, 4) is 0 Å². The molecule has 1 saturated heterocycles. The van der Waals surface area contributed by atoms with Gasteiger partial charge in [-0.2, -0.15) is 0 Å². The fourth-order valence-electron chi connectivity index (χ4n) is 2.02. The normalized spacial score (nSPS) is 35.9. The van der Waals surface area contributed by atoms with Crippen molar-refractivity contribution in [3.05, 3.63) is 0 Å². The molecule has 0 saturated carbocycles. The van der Waals surface area contributed by atoms with Gasteiger partial charge in [0, 0.05) is 19.8 Å². The highest BCUT2D eigenvalue weighted by atomic mass is 16.6. The molecule has 0 aromatic carbocycles. The predicted octanol–water partition coefficient (Wildman–Crippen LogP) is 0.265. The van der Waals surface area contributed by atoms with E-state index in [1.807, 2.05) is 0 Å². The maximum atomic E-state index is 10.9. The third-order valence-corrected chi connectivity index (χ3v) is 3.07. The zero-order valence-electron chi connectivity index (χ0n) is 11.1. The topological polar surface area (TPSA) is 82.1 Å². The van der Waals surface area contributed by atoms with Gasteiger partial charge >= 0.3 is 11.9 Å². The molecular weight excluding hydrogens is 240 g/mol. The molecule has 6 nitrogen and oxygen atoms in total. The van der Waals surface area contributed by atoms with Crippen LogP contribution in [0.1, 0.15) is 27.7 Å². The molecule has 6 heteroatoms. The van der Waals surface area contributed by atoms with E-state index in [1.165, 1.54) is 13.8 Å². The van der Waals surface area contributed by atoms with Crippen molar-refractivity contribution in [2.24, 2.45) is 5.92 Å². The summed E-state index contributed by atoms with van der Waals surface area (Å²) in [6.07, 6.45) is -2.37. The lowest BCUT2D eigenvalue weighted by atomic mass is 9.88. The summed E-state index contributed by atoms with van der Waals surface area (Å²) >= 11 is 0. The molecule has 1 N–H and O–H groups in total. The van der Waals surface area contributed by atoms with E-state index in [2.05, 4.69) is 0 Å². The maximum absolute atomic E-state index is 10.9. The molecule has 1 heterocycles. The lowest BCUT2D eigenvalue weighted by Crippen LogP contribution is -2.55. The number of carbonyl (C=O) groups is 2. The summed E-state index contributed by atoms with van der Waals surface area (Å²) in [6.45, 7) is 6.17. The molecule has 5 atom stereocenters. The van der Waals surface area contributed by atoms with Crippen LogP contribution in [0.3, 0.4) is 0 Å². The highest BCUT2D eigenvalue weighted by molar-refractivity contribution is 5.66. The van der Waals surface area contributed by atoms with Gasteiger partial charge in [0.25, 0.3) is 0 Å². The first-order valence-electron chi connectivity index (χ1n) is 5.97. The Balaban J connectivity index is 2.64. The molecule has 18 heavy (non-hydrogen) atoms. The van der Waals surface area contributed by atoms with Crippen LogP contribution < -0.4 is 0 Å². The van der Waals surface area contributed by atoms with Gasteiger partial charge in [0.2, 0.25) is 0 Å². The Morgan fingerprint density at radius 2 is 1.83 bits per heavy atom. The lowest BCUT2D eigenvalue weighted by molar-refractivity contribution is -0.217. The molecule has 1 aliphatic heterocycles. The van der Waals surface area contributed by atoms with Crippen LogP contribution in [0.25, 0.3) is 0 Å². The van der Waals surface area contributed by atoms with E-state index < -0.39 is 36.4 Å². The zero-order valence-corrected chi connectivity index (χ0v) is 11.1. The van der Waals surface area contributed by atoms with Crippen LogP contribution in [0.4, 0.5) is 0 Å². The number of carbonyl (C=O) groups excluding carboxylic acids is 2. The second-order valence-electron chi connectivity index (χ2n) is 4.61. The second kappa shape index (κ2) is 6.15. The number of esters is 2. The summed E-state index contributed by atoms with van der Waals surface area (Å²) in [5, 5.41) is 10.1. The van der Waals surface area contributed by atoms with Crippen molar-refractivity contribution < 1.29 is 28.9 Å². The van der Waals surface area contributed by atoms with Crippen molar-refractivity contribution in [1.29, 1.82) is 0 Å². The Kier molecular flexibility index (Phi) is 5.10. The van der Waals surface area contributed by atoms with Gasteiger partial charge in [-0.05, 0) is 6.92 Å². The van der Waals surface area contributed by atoms with Crippen LogP contribution in [0, 0.1) is 5.92 Å². The number of ether oxygens (including phenoxy) is 3. The van der Waals surface area contributed by atoms with E-state index in [4.69, 9.17) is 14.2 Å². The van der Waals surface area contributed by atoms with E-state index in [0.717, 1.165) is 0 Å². The van der Waals surface area contributed by atoms with Crippen molar-refractivity contribution >= 4 is 11.9 Å². The standard InChI is InChI=1S/C12H20O6/c1-6-10(5-16-8(3)13)17-7(2)12(11(6)15)18-9(4)14/h6-7,10-12,15H,5H2,1-4H3. The minimum Gasteiger partial charge on any atom is -0.463 e. The van der Waals surface area contributed by atoms with Crippen LogP contribution >= 0.6 is 0 Å². The Hall–Kier alpha value is -1.14. The van der Waals surface area contributed by atoms with Gasteiger partial charge in [-0.25, -0.2) is 0 Å². The van der Waals surface area contributed by atoms with Crippen molar-refractivity contribution in [3.63, 3.8) is 0 Å². The summed E-state index contributed by atoms with van der Waals surface area (Å²) in [5.41, 5.74) is 0. The Bertz CT molecular complexity index is 314. The lowest BCUT2D eigenvalue weighted by Gasteiger charge is -2.41. The summed E-state index contributed by atoms with van der Waals surface area (Å²) in [4.78, 5) is 21.7. The summed E-state index contributed by atoms with van der Waals surface area (Å²) in [7, 11) is 0. The SMILES string of the molecule is CC(=O)OCC1OC(C)C(OC(C)=O)C(O)C1C. The highest BCUT2D eigenvalue weighted by Crippen LogP contribution is 2.28. The zero-order chi connectivity index (χ0) is 13.9. The molecule has 0 aromatic rings. The molecule has 0 bridgehead atoms. The van der Waals surface area contributed by atoms with Gasteiger partial charge in [-0.15, -0.1) is 0 Å². The van der Waals surface area contributed by atoms with Crippen molar-refractivity contribution in [2.45, 2.75) is 52.1 Å². The largest absolute Gasteiger partial charge is 0.463 e. The maximum Gasteiger partial charge on any atom is 0.303 e. The van der Waals surface area contributed by atoms with E-state index in [-0.39, 0.29) is 12.5 Å². The quantitative estimate of drug-likeness (QED) is 0.733. The number of aliphatic hydroxyl groups is 1. The predicted molar refractivity (Wildman–Crippen MR) is 61.7 cm³/mol. The molecule has 0 amide bonds. The van der Waals surface area contributed by atoms with E-state index in [1.54, 1.807) is 13.8 Å². The third kappa shape index (κ3) is 3.68. The van der Waals surface area contributed by atoms with E-state index in [9.17, 15) is 14.7 Å². The molecule has 1 aliphatic rings. The first kappa shape index (κ1) is 14.9. The van der Waals surface area contributed by atoms with Gasteiger partial charge in [0.05, 0.1) is 18.3 Å². The van der Waals surface area contributed by atoms with Crippen LogP contribution in [0.2, 0.25) is 0 Å². The van der Waals surface area contributed by atoms with Gasteiger partial charge in [-0.3, -0.25) is 9.59 Å². The Morgan fingerprint density at radius 1 is 1.22 bits per heavy atom.